The number of nitrogens with one attached hydrogen (secondary N) is 1. The molecule has 0 aliphatic rings. The largest absolute Gasteiger partial charge is 0.448 e. The molecule has 0 aliphatic carbocycles. The summed E-state index contributed by atoms with van der Waals surface area (Å²) in [5, 5.41) is 5.26. The van der Waals surface area contributed by atoms with Crippen molar-refractivity contribution in [2.24, 2.45) is 0 Å². The summed E-state index contributed by atoms with van der Waals surface area (Å²) in [5.41, 5.74) is 4.16. The Labute approximate surface area is 181 Å². The summed E-state index contributed by atoms with van der Waals surface area (Å²) < 4.78 is 5.35. The van der Waals surface area contributed by atoms with E-state index in [2.05, 4.69) is 43.2 Å². The second kappa shape index (κ2) is 9.67. The molecule has 3 rings (SSSR count). The molecule has 30 heavy (non-hydrogen) atoms. The number of para-hydroxylation sites is 1. The van der Waals surface area contributed by atoms with Gasteiger partial charge in [0.15, 0.2) is 11.8 Å². The number of benzene rings is 2. The van der Waals surface area contributed by atoms with E-state index in [1.807, 2.05) is 36.4 Å². The fourth-order valence-electron chi connectivity index (χ4n) is 3.01. The molecule has 1 amide bonds. The molecule has 0 saturated carbocycles. The van der Waals surface area contributed by atoms with Gasteiger partial charge in [0.2, 0.25) is 0 Å². The van der Waals surface area contributed by atoms with Crippen LogP contribution in [0, 0.1) is 0 Å². The minimum absolute atomic E-state index is 0.205. The molecule has 0 aliphatic heterocycles. The second-order valence-corrected chi connectivity index (χ2v) is 8.23. The first-order valence-electron chi connectivity index (χ1n) is 10.0. The van der Waals surface area contributed by atoms with Crippen LogP contribution in [0.25, 0.3) is 10.6 Å². The molecule has 1 atom stereocenters. The lowest BCUT2D eigenvalue weighted by atomic mass is 10.0. The normalized spacial score (nSPS) is 11.9. The van der Waals surface area contributed by atoms with Crippen molar-refractivity contribution in [3.8, 4) is 10.6 Å². The van der Waals surface area contributed by atoms with Gasteiger partial charge in [0, 0.05) is 16.6 Å². The molecule has 156 valence electrons. The number of hydrogen-bond donors (Lipinski definition) is 1. The third-order valence-corrected chi connectivity index (χ3v) is 5.71. The Morgan fingerprint density at radius 2 is 1.77 bits per heavy atom. The number of rotatable bonds is 7. The summed E-state index contributed by atoms with van der Waals surface area (Å²) >= 11 is 1.38. The van der Waals surface area contributed by atoms with Crippen LogP contribution in [0.3, 0.4) is 0 Å². The van der Waals surface area contributed by atoms with Crippen LogP contribution in [0.4, 0.5) is 5.69 Å². The van der Waals surface area contributed by atoms with Gasteiger partial charge in [-0.3, -0.25) is 4.79 Å². The van der Waals surface area contributed by atoms with E-state index in [0.29, 0.717) is 0 Å². The molecular formula is C24H26N2O3S. The van der Waals surface area contributed by atoms with Crippen LogP contribution in [0.15, 0.2) is 53.9 Å². The molecule has 0 radical (unpaired) electrons. The van der Waals surface area contributed by atoms with Gasteiger partial charge in [-0.25, -0.2) is 9.78 Å². The van der Waals surface area contributed by atoms with Crippen LogP contribution < -0.4 is 5.32 Å². The predicted octanol–water partition coefficient (Wildman–Crippen LogP) is 5.68. The lowest BCUT2D eigenvalue weighted by Gasteiger charge is -2.16. The molecule has 3 aromatic rings. The highest BCUT2D eigenvalue weighted by Gasteiger charge is 2.22. The molecule has 0 fully saturated rings. The Bertz CT molecular complexity index is 1020. The van der Waals surface area contributed by atoms with Gasteiger partial charge in [0.1, 0.15) is 5.01 Å². The third-order valence-electron chi connectivity index (χ3n) is 4.82. The van der Waals surface area contributed by atoms with E-state index >= 15 is 0 Å². The summed E-state index contributed by atoms with van der Waals surface area (Å²) in [5.74, 6) is -0.719. The molecule has 2 aromatic carbocycles. The van der Waals surface area contributed by atoms with Crippen LogP contribution in [-0.4, -0.2) is 23.0 Å². The second-order valence-electron chi connectivity index (χ2n) is 7.37. The van der Waals surface area contributed by atoms with Crippen LogP contribution in [0.2, 0.25) is 0 Å². The Morgan fingerprint density at radius 3 is 2.43 bits per heavy atom. The molecule has 1 N–H and O–H groups in total. The number of esters is 1. The molecule has 1 heterocycles. The van der Waals surface area contributed by atoms with Crippen molar-refractivity contribution in [2.75, 3.05) is 5.32 Å². The summed E-state index contributed by atoms with van der Waals surface area (Å²) in [6.07, 6.45) is 0.0313. The Kier molecular flexibility index (Phi) is 7.00. The minimum atomic E-state index is -0.938. The van der Waals surface area contributed by atoms with E-state index in [1.165, 1.54) is 16.9 Å². The molecule has 5 nitrogen and oxygen atoms in total. The maximum atomic E-state index is 12.5. The summed E-state index contributed by atoms with van der Waals surface area (Å²) in [7, 11) is 0. The van der Waals surface area contributed by atoms with E-state index in [0.717, 1.165) is 28.2 Å². The number of aryl methyl sites for hydroxylation is 1. The van der Waals surface area contributed by atoms with Gasteiger partial charge >= 0.3 is 5.97 Å². The Morgan fingerprint density at radius 1 is 1.07 bits per heavy atom. The van der Waals surface area contributed by atoms with Crippen LogP contribution in [-0.2, 0) is 16.0 Å². The van der Waals surface area contributed by atoms with Crippen molar-refractivity contribution in [3.05, 3.63) is 70.7 Å². The maximum absolute atomic E-state index is 12.5. The average Bonchev–Trinajstić information content (AvgIpc) is 3.24. The van der Waals surface area contributed by atoms with Gasteiger partial charge < -0.3 is 10.1 Å². The zero-order valence-electron chi connectivity index (χ0n) is 17.6. The van der Waals surface area contributed by atoms with Gasteiger partial charge in [0.05, 0.1) is 0 Å². The quantitative estimate of drug-likeness (QED) is 0.497. The van der Waals surface area contributed by atoms with Crippen molar-refractivity contribution in [2.45, 2.75) is 46.1 Å². The molecule has 0 spiro atoms. The van der Waals surface area contributed by atoms with Crippen molar-refractivity contribution >= 4 is 28.9 Å². The number of amides is 1. The van der Waals surface area contributed by atoms with E-state index < -0.39 is 12.1 Å². The highest BCUT2D eigenvalue weighted by molar-refractivity contribution is 7.13. The van der Waals surface area contributed by atoms with Crippen molar-refractivity contribution in [1.82, 2.24) is 4.98 Å². The highest BCUT2D eigenvalue weighted by Crippen LogP contribution is 2.26. The van der Waals surface area contributed by atoms with Crippen LogP contribution in [0.1, 0.15) is 55.2 Å². The first-order chi connectivity index (χ1) is 14.4. The molecular weight excluding hydrogens is 396 g/mol. The smallest absolute Gasteiger partial charge is 0.358 e. The monoisotopic (exact) mass is 422 g/mol. The summed E-state index contributed by atoms with van der Waals surface area (Å²) in [6, 6.07) is 15.7. The average molecular weight is 423 g/mol. The third kappa shape index (κ3) is 5.13. The van der Waals surface area contributed by atoms with Crippen molar-refractivity contribution in [3.63, 3.8) is 0 Å². The Balaban J connectivity index is 1.64. The first kappa shape index (κ1) is 21.7. The SMILES string of the molecule is CCc1ccc(-c2nc(C(=O)O[C@@H](C)C(=O)Nc3ccccc3C(C)C)cs2)cc1. The fraction of sp³-hybridized carbons (Fsp3) is 0.292. The van der Waals surface area contributed by atoms with Gasteiger partial charge in [0.25, 0.3) is 5.91 Å². The van der Waals surface area contributed by atoms with Gasteiger partial charge in [-0.1, -0.05) is 63.2 Å². The van der Waals surface area contributed by atoms with E-state index in [4.69, 9.17) is 4.74 Å². The number of hydrogen-bond acceptors (Lipinski definition) is 5. The lowest BCUT2D eigenvalue weighted by molar-refractivity contribution is -0.123. The van der Waals surface area contributed by atoms with Crippen molar-refractivity contribution < 1.29 is 14.3 Å². The molecule has 1 aromatic heterocycles. The molecule has 0 saturated heterocycles. The van der Waals surface area contributed by atoms with Gasteiger partial charge in [-0.2, -0.15) is 0 Å². The summed E-state index contributed by atoms with van der Waals surface area (Å²) in [4.78, 5) is 29.4. The minimum Gasteiger partial charge on any atom is -0.448 e. The number of ether oxygens (including phenoxy) is 1. The maximum Gasteiger partial charge on any atom is 0.358 e. The van der Waals surface area contributed by atoms with Crippen LogP contribution >= 0.6 is 11.3 Å². The van der Waals surface area contributed by atoms with Gasteiger partial charge in [-0.05, 0) is 36.5 Å². The topological polar surface area (TPSA) is 68.3 Å². The number of carbonyl (C=O) groups is 2. The number of carbonyl (C=O) groups excluding carboxylic acids is 2. The van der Waals surface area contributed by atoms with Crippen molar-refractivity contribution in [1.29, 1.82) is 0 Å². The van der Waals surface area contributed by atoms with E-state index in [-0.39, 0.29) is 17.5 Å². The zero-order chi connectivity index (χ0) is 21.7. The number of anilines is 1. The van der Waals surface area contributed by atoms with Crippen LogP contribution in [0.5, 0.6) is 0 Å². The fourth-order valence-corrected chi connectivity index (χ4v) is 3.80. The number of nitrogens with zero attached hydrogens (tertiary/aromatic N) is 1. The van der Waals surface area contributed by atoms with Gasteiger partial charge in [-0.15, -0.1) is 11.3 Å². The molecule has 6 heteroatoms. The zero-order valence-corrected chi connectivity index (χ0v) is 18.5. The van der Waals surface area contributed by atoms with E-state index in [9.17, 15) is 9.59 Å². The Hall–Kier alpha value is -2.99. The summed E-state index contributed by atoms with van der Waals surface area (Å²) in [6.45, 7) is 7.78. The molecule has 0 bridgehead atoms. The standard InChI is InChI=1S/C24H26N2O3S/c1-5-17-10-12-18(13-11-17)23-26-21(14-30-23)24(28)29-16(4)22(27)25-20-9-7-6-8-19(20)15(2)3/h6-16H,5H2,1-4H3,(H,25,27)/t16-/m0/s1. The lowest BCUT2D eigenvalue weighted by Crippen LogP contribution is -2.30. The first-order valence-corrected chi connectivity index (χ1v) is 10.9. The number of aromatic nitrogens is 1. The number of thiazole rings is 1. The van der Waals surface area contributed by atoms with E-state index in [1.54, 1.807) is 12.3 Å². The predicted molar refractivity (Wildman–Crippen MR) is 121 cm³/mol. The highest BCUT2D eigenvalue weighted by atomic mass is 32.1. The molecule has 0 unspecified atom stereocenters.